The smallest absolute Gasteiger partial charge is 0.226 e. The molecule has 0 saturated carbocycles. The largest absolute Gasteiger partial charge is 0.391 e. The topological polar surface area (TPSA) is 52.6 Å². The third-order valence-electron chi connectivity index (χ3n) is 4.08. The molecule has 2 heterocycles. The molecule has 0 unspecified atom stereocenters. The Morgan fingerprint density at radius 3 is 2.65 bits per heavy atom. The summed E-state index contributed by atoms with van der Waals surface area (Å²) in [6.07, 6.45) is 4.66. The highest BCUT2D eigenvalue weighted by Gasteiger charge is 2.33. The maximum absolute atomic E-state index is 12.5. The van der Waals surface area contributed by atoms with E-state index in [1.54, 1.807) is 6.92 Å². The minimum absolute atomic E-state index is 0.0473. The van der Waals surface area contributed by atoms with Crippen LogP contribution in [0.4, 0.5) is 0 Å². The molecule has 2 rings (SSSR count). The van der Waals surface area contributed by atoms with Crippen molar-refractivity contribution in [2.75, 3.05) is 19.6 Å². The lowest BCUT2D eigenvalue weighted by Crippen LogP contribution is -2.52. The summed E-state index contributed by atoms with van der Waals surface area (Å²) in [5.74, 6) is 0.452. The second-order valence-corrected chi connectivity index (χ2v) is 5.36. The number of nitrogens with zero attached hydrogens (tertiary/aromatic N) is 1. The average Bonchev–Trinajstić information content (AvgIpc) is 2.39. The number of aliphatic hydroxyl groups excluding tert-OH is 1. The molecule has 0 aromatic heterocycles. The fraction of sp³-hybridized carbons (Fsp3) is 0.923. The van der Waals surface area contributed by atoms with E-state index in [9.17, 15) is 9.90 Å². The first kappa shape index (κ1) is 12.8. The van der Waals surface area contributed by atoms with Crippen LogP contribution < -0.4 is 5.32 Å². The van der Waals surface area contributed by atoms with Gasteiger partial charge in [-0.1, -0.05) is 0 Å². The van der Waals surface area contributed by atoms with Crippen molar-refractivity contribution >= 4 is 5.91 Å². The van der Waals surface area contributed by atoms with Gasteiger partial charge in [0.25, 0.3) is 0 Å². The van der Waals surface area contributed by atoms with E-state index in [2.05, 4.69) is 5.32 Å². The number of likely N-dealkylation sites (tertiary alicyclic amines) is 1. The molecular formula is C13H24N2O2. The minimum atomic E-state index is -0.402. The van der Waals surface area contributed by atoms with Gasteiger partial charge in [0, 0.05) is 12.5 Å². The normalized spacial score (nSPS) is 29.1. The number of piperidine rings is 2. The van der Waals surface area contributed by atoms with Crippen molar-refractivity contribution in [3.8, 4) is 0 Å². The third kappa shape index (κ3) is 2.99. The Hall–Kier alpha value is -0.610. The van der Waals surface area contributed by atoms with E-state index in [4.69, 9.17) is 0 Å². The molecule has 2 aliphatic rings. The molecule has 0 radical (unpaired) electrons. The molecule has 2 atom stereocenters. The van der Waals surface area contributed by atoms with Gasteiger partial charge >= 0.3 is 0 Å². The van der Waals surface area contributed by atoms with Crippen molar-refractivity contribution in [1.82, 2.24) is 10.2 Å². The minimum Gasteiger partial charge on any atom is -0.391 e. The Labute approximate surface area is 103 Å². The van der Waals surface area contributed by atoms with Crippen LogP contribution in [0, 0.1) is 5.92 Å². The van der Waals surface area contributed by atoms with Gasteiger partial charge in [0.05, 0.1) is 12.1 Å². The van der Waals surface area contributed by atoms with Gasteiger partial charge in [0.15, 0.2) is 0 Å². The fourth-order valence-corrected chi connectivity index (χ4v) is 3.04. The molecule has 0 bridgehead atoms. The predicted molar refractivity (Wildman–Crippen MR) is 66.6 cm³/mol. The van der Waals surface area contributed by atoms with Gasteiger partial charge in [0.2, 0.25) is 5.91 Å². The molecule has 2 N–H and O–H groups in total. The van der Waals surface area contributed by atoms with Crippen LogP contribution in [0.2, 0.25) is 0 Å². The van der Waals surface area contributed by atoms with Gasteiger partial charge in [0.1, 0.15) is 0 Å². The Kier molecular flexibility index (Phi) is 4.40. The van der Waals surface area contributed by atoms with E-state index < -0.39 is 6.10 Å². The zero-order valence-electron chi connectivity index (χ0n) is 10.7. The van der Waals surface area contributed by atoms with Crippen molar-refractivity contribution in [2.45, 2.75) is 51.2 Å². The predicted octanol–water partition coefficient (Wildman–Crippen LogP) is 0.748. The second-order valence-electron chi connectivity index (χ2n) is 5.36. The van der Waals surface area contributed by atoms with E-state index in [1.165, 1.54) is 0 Å². The lowest BCUT2D eigenvalue weighted by molar-refractivity contribution is -0.143. The highest BCUT2D eigenvalue weighted by atomic mass is 16.3. The summed E-state index contributed by atoms with van der Waals surface area (Å²) in [4.78, 5) is 14.4. The SMILES string of the molecule is C[C@H](O)[C@@H]1CCCCN1C(=O)C1CCNCC1. The number of amides is 1. The van der Waals surface area contributed by atoms with E-state index in [0.29, 0.717) is 0 Å². The van der Waals surface area contributed by atoms with Crippen LogP contribution in [0.3, 0.4) is 0 Å². The van der Waals surface area contributed by atoms with Gasteiger partial charge < -0.3 is 15.3 Å². The van der Waals surface area contributed by atoms with Gasteiger partial charge in [-0.2, -0.15) is 0 Å². The molecule has 0 aromatic carbocycles. The zero-order valence-corrected chi connectivity index (χ0v) is 10.7. The number of hydrogen-bond acceptors (Lipinski definition) is 3. The van der Waals surface area contributed by atoms with Gasteiger partial charge in [-0.25, -0.2) is 0 Å². The van der Waals surface area contributed by atoms with E-state index in [1.807, 2.05) is 4.90 Å². The fourth-order valence-electron chi connectivity index (χ4n) is 3.04. The Bertz CT molecular complexity index is 262. The standard InChI is InChI=1S/C13H24N2O2/c1-10(16)12-4-2-3-9-15(12)13(17)11-5-7-14-8-6-11/h10-12,14,16H,2-9H2,1H3/t10-,12-/m0/s1. The van der Waals surface area contributed by atoms with Crippen molar-refractivity contribution in [2.24, 2.45) is 5.92 Å². The Balaban J connectivity index is 1.99. The summed E-state index contributed by atoms with van der Waals surface area (Å²) in [6, 6.07) is 0.0473. The Morgan fingerprint density at radius 2 is 2.00 bits per heavy atom. The first-order chi connectivity index (χ1) is 8.20. The second kappa shape index (κ2) is 5.83. The van der Waals surface area contributed by atoms with Gasteiger partial charge in [-0.15, -0.1) is 0 Å². The van der Waals surface area contributed by atoms with Crippen LogP contribution in [0.5, 0.6) is 0 Å². The van der Waals surface area contributed by atoms with Crippen LogP contribution in [0.25, 0.3) is 0 Å². The van der Waals surface area contributed by atoms with Crippen molar-refractivity contribution in [3.63, 3.8) is 0 Å². The molecule has 98 valence electrons. The number of aliphatic hydroxyl groups is 1. The summed E-state index contributed by atoms with van der Waals surface area (Å²) in [6.45, 7) is 4.53. The third-order valence-corrected chi connectivity index (χ3v) is 4.08. The van der Waals surface area contributed by atoms with Gasteiger partial charge in [-0.05, 0) is 52.1 Å². The summed E-state index contributed by atoms with van der Waals surface area (Å²) in [7, 11) is 0. The number of carbonyl (C=O) groups excluding carboxylic acids is 1. The molecule has 4 heteroatoms. The first-order valence-corrected chi connectivity index (χ1v) is 6.89. The summed E-state index contributed by atoms with van der Waals surface area (Å²) < 4.78 is 0. The lowest BCUT2D eigenvalue weighted by Gasteiger charge is -2.40. The highest BCUT2D eigenvalue weighted by molar-refractivity contribution is 5.79. The van der Waals surface area contributed by atoms with Crippen LogP contribution in [-0.2, 0) is 4.79 Å². The quantitative estimate of drug-likeness (QED) is 0.749. The van der Waals surface area contributed by atoms with Crippen molar-refractivity contribution in [3.05, 3.63) is 0 Å². The number of rotatable bonds is 2. The van der Waals surface area contributed by atoms with Crippen molar-refractivity contribution in [1.29, 1.82) is 0 Å². The van der Waals surface area contributed by atoms with Crippen LogP contribution in [0.15, 0.2) is 0 Å². The molecule has 2 aliphatic heterocycles. The Morgan fingerprint density at radius 1 is 1.29 bits per heavy atom. The van der Waals surface area contributed by atoms with Crippen LogP contribution in [-0.4, -0.2) is 47.7 Å². The molecule has 0 aromatic rings. The molecule has 2 fully saturated rings. The first-order valence-electron chi connectivity index (χ1n) is 6.89. The van der Waals surface area contributed by atoms with E-state index in [0.717, 1.165) is 51.7 Å². The summed E-state index contributed by atoms with van der Waals surface area (Å²) in [5.41, 5.74) is 0. The van der Waals surface area contributed by atoms with Crippen LogP contribution in [0.1, 0.15) is 39.0 Å². The number of carbonyl (C=O) groups is 1. The zero-order chi connectivity index (χ0) is 12.3. The summed E-state index contributed by atoms with van der Waals surface area (Å²) >= 11 is 0. The van der Waals surface area contributed by atoms with Crippen molar-refractivity contribution < 1.29 is 9.90 Å². The molecule has 17 heavy (non-hydrogen) atoms. The number of hydrogen-bond donors (Lipinski definition) is 2. The monoisotopic (exact) mass is 240 g/mol. The number of nitrogens with one attached hydrogen (secondary N) is 1. The maximum Gasteiger partial charge on any atom is 0.226 e. The molecule has 4 nitrogen and oxygen atoms in total. The average molecular weight is 240 g/mol. The van der Waals surface area contributed by atoms with E-state index >= 15 is 0 Å². The summed E-state index contributed by atoms with van der Waals surface area (Å²) in [5, 5.41) is 13.1. The molecule has 2 saturated heterocycles. The molecule has 0 spiro atoms. The highest BCUT2D eigenvalue weighted by Crippen LogP contribution is 2.24. The molecule has 1 amide bonds. The lowest BCUT2D eigenvalue weighted by atomic mass is 9.92. The van der Waals surface area contributed by atoms with Gasteiger partial charge in [-0.3, -0.25) is 4.79 Å². The molecular weight excluding hydrogens is 216 g/mol. The maximum atomic E-state index is 12.5. The molecule has 0 aliphatic carbocycles. The van der Waals surface area contributed by atoms with E-state index in [-0.39, 0.29) is 17.9 Å². The van der Waals surface area contributed by atoms with Crippen LogP contribution >= 0.6 is 0 Å².